The van der Waals surface area contributed by atoms with E-state index in [9.17, 15) is 9.90 Å². The highest BCUT2D eigenvalue weighted by Gasteiger charge is 2.32. The fraction of sp³-hybridized carbons (Fsp3) is 0.214. The first-order chi connectivity index (χ1) is 7.54. The van der Waals surface area contributed by atoms with Gasteiger partial charge in [0, 0.05) is 0 Å². The molecule has 1 aromatic carbocycles. The number of aliphatic hydroxyl groups is 1. The van der Waals surface area contributed by atoms with Crippen molar-refractivity contribution in [2.75, 3.05) is 0 Å². The summed E-state index contributed by atoms with van der Waals surface area (Å²) >= 11 is 0. The summed E-state index contributed by atoms with van der Waals surface area (Å²) in [5, 5.41) is 10.6. The Hall–Kier alpha value is -1.67. The van der Waals surface area contributed by atoms with Crippen LogP contribution in [0.4, 0.5) is 0 Å². The predicted molar refractivity (Wildman–Crippen MR) is 62.9 cm³/mol. The molecule has 1 aliphatic carbocycles. The van der Waals surface area contributed by atoms with Gasteiger partial charge in [-0.3, -0.25) is 4.79 Å². The van der Waals surface area contributed by atoms with Gasteiger partial charge >= 0.3 is 0 Å². The van der Waals surface area contributed by atoms with Crippen molar-refractivity contribution in [2.45, 2.75) is 19.4 Å². The largest absolute Gasteiger partial charge is 0.377 e. The highest BCUT2D eigenvalue weighted by atomic mass is 16.3. The van der Waals surface area contributed by atoms with Crippen LogP contribution in [0.15, 0.2) is 53.6 Å². The van der Waals surface area contributed by atoms with E-state index in [1.165, 1.54) is 6.08 Å². The maximum absolute atomic E-state index is 11.5. The smallest absolute Gasteiger partial charge is 0.181 e. The van der Waals surface area contributed by atoms with Gasteiger partial charge in [-0.2, -0.15) is 0 Å². The van der Waals surface area contributed by atoms with Crippen molar-refractivity contribution in [3.63, 3.8) is 0 Å². The third-order valence-electron chi connectivity index (χ3n) is 2.98. The molecule has 0 radical (unpaired) electrons. The van der Waals surface area contributed by atoms with E-state index in [1.54, 1.807) is 19.9 Å². The van der Waals surface area contributed by atoms with Gasteiger partial charge in [0.1, 0.15) is 5.60 Å². The van der Waals surface area contributed by atoms with Crippen molar-refractivity contribution in [1.29, 1.82) is 0 Å². The van der Waals surface area contributed by atoms with E-state index in [2.05, 4.69) is 0 Å². The minimum atomic E-state index is -1.14. The molecular weight excluding hydrogens is 200 g/mol. The maximum Gasteiger partial charge on any atom is 0.181 e. The van der Waals surface area contributed by atoms with Gasteiger partial charge in [-0.1, -0.05) is 30.3 Å². The fourth-order valence-corrected chi connectivity index (χ4v) is 1.92. The average molecular weight is 214 g/mol. The van der Waals surface area contributed by atoms with E-state index in [-0.39, 0.29) is 5.78 Å². The fourth-order valence-electron chi connectivity index (χ4n) is 1.92. The number of rotatable bonds is 1. The topological polar surface area (TPSA) is 37.3 Å². The van der Waals surface area contributed by atoms with Crippen molar-refractivity contribution in [2.24, 2.45) is 0 Å². The summed E-state index contributed by atoms with van der Waals surface area (Å²) in [6, 6.07) is 9.37. The molecule has 16 heavy (non-hydrogen) atoms. The van der Waals surface area contributed by atoms with Gasteiger partial charge in [-0.25, -0.2) is 0 Å². The second kappa shape index (κ2) is 3.72. The van der Waals surface area contributed by atoms with Crippen LogP contribution in [0, 0.1) is 0 Å². The van der Waals surface area contributed by atoms with E-state index in [1.807, 2.05) is 30.3 Å². The zero-order chi connectivity index (χ0) is 11.8. The molecular formula is C14H14O2. The second-order valence-electron chi connectivity index (χ2n) is 4.15. The summed E-state index contributed by atoms with van der Waals surface area (Å²) in [7, 11) is 0. The van der Waals surface area contributed by atoms with Crippen molar-refractivity contribution >= 4 is 5.78 Å². The lowest BCUT2D eigenvalue weighted by Gasteiger charge is -2.29. The number of carbonyl (C=O) groups is 1. The lowest BCUT2D eigenvalue weighted by molar-refractivity contribution is -0.111. The summed E-state index contributed by atoms with van der Waals surface area (Å²) in [5.41, 5.74) is 0.890. The second-order valence-corrected chi connectivity index (χ2v) is 4.15. The van der Waals surface area contributed by atoms with Gasteiger partial charge in [-0.15, -0.1) is 0 Å². The Morgan fingerprint density at radius 2 is 1.75 bits per heavy atom. The molecule has 2 rings (SSSR count). The van der Waals surface area contributed by atoms with E-state index >= 15 is 0 Å². The molecule has 0 heterocycles. The van der Waals surface area contributed by atoms with Gasteiger partial charge in [0.25, 0.3) is 0 Å². The van der Waals surface area contributed by atoms with Gasteiger partial charge in [0.05, 0.1) is 0 Å². The van der Waals surface area contributed by atoms with Crippen molar-refractivity contribution in [3.8, 4) is 0 Å². The third kappa shape index (κ3) is 1.61. The highest BCUT2D eigenvalue weighted by molar-refractivity contribution is 6.05. The molecule has 0 spiro atoms. The molecule has 0 fully saturated rings. The van der Waals surface area contributed by atoms with E-state index in [0.717, 1.165) is 5.56 Å². The average Bonchev–Trinajstić information content (AvgIpc) is 2.28. The molecule has 1 atom stereocenters. The van der Waals surface area contributed by atoms with Crippen LogP contribution in [0.3, 0.4) is 0 Å². The van der Waals surface area contributed by atoms with Crippen LogP contribution in [-0.2, 0) is 10.4 Å². The molecule has 2 heteroatoms. The van der Waals surface area contributed by atoms with Gasteiger partial charge in [0.2, 0.25) is 0 Å². The molecule has 1 aliphatic rings. The van der Waals surface area contributed by atoms with E-state index < -0.39 is 5.60 Å². The minimum Gasteiger partial charge on any atom is -0.377 e. The molecule has 1 unspecified atom stereocenters. The molecule has 0 saturated heterocycles. The van der Waals surface area contributed by atoms with Crippen LogP contribution in [0.2, 0.25) is 0 Å². The first kappa shape index (κ1) is 10.8. The van der Waals surface area contributed by atoms with Crippen LogP contribution < -0.4 is 0 Å². The summed E-state index contributed by atoms with van der Waals surface area (Å²) in [5.74, 6) is -0.0295. The summed E-state index contributed by atoms with van der Waals surface area (Å²) in [6.45, 7) is 3.49. The molecule has 0 bridgehead atoms. The lowest BCUT2D eigenvalue weighted by atomic mass is 9.81. The Morgan fingerprint density at radius 1 is 1.12 bits per heavy atom. The summed E-state index contributed by atoms with van der Waals surface area (Å²) < 4.78 is 0. The standard InChI is InChI=1S/C14H14O2/c1-10-9-14(16,11(2)8-13(10)15)12-6-4-3-5-7-12/h3-9,16H,1-2H3. The maximum atomic E-state index is 11.5. The van der Waals surface area contributed by atoms with Crippen LogP contribution in [-0.4, -0.2) is 10.9 Å². The SMILES string of the molecule is CC1=CC(O)(c2ccccc2)C(C)=CC1=O. The Balaban J connectivity index is 2.54. The number of benzene rings is 1. The zero-order valence-corrected chi connectivity index (χ0v) is 9.40. The number of hydrogen-bond donors (Lipinski definition) is 1. The Bertz CT molecular complexity index is 483. The molecule has 0 aromatic heterocycles. The Kier molecular flexibility index (Phi) is 2.52. The number of ketones is 1. The molecule has 82 valence electrons. The lowest BCUT2D eigenvalue weighted by Crippen LogP contribution is -2.29. The zero-order valence-electron chi connectivity index (χ0n) is 9.40. The van der Waals surface area contributed by atoms with Gasteiger partial charge in [0.15, 0.2) is 5.78 Å². The quantitative estimate of drug-likeness (QED) is 0.779. The van der Waals surface area contributed by atoms with Crippen molar-refractivity contribution in [3.05, 3.63) is 59.2 Å². The third-order valence-corrected chi connectivity index (χ3v) is 2.98. The minimum absolute atomic E-state index is 0.0295. The van der Waals surface area contributed by atoms with Gasteiger partial charge < -0.3 is 5.11 Å². The van der Waals surface area contributed by atoms with E-state index in [4.69, 9.17) is 0 Å². The normalized spacial score (nSPS) is 25.1. The van der Waals surface area contributed by atoms with Crippen LogP contribution >= 0.6 is 0 Å². The monoisotopic (exact) mass is 214 g/mol. The van der Waals surface area contributed by atoms with Crippen molar-refractivity contribution in [1.82, 2.24) is 0 Å². The number of allylic oxidation sites excluding steroid dienone is 2. The van der Waals surface area contributed by atoms with Crippen molar-refractivity contribution < 1.29 is 9.90 Å². The first-order valence-electron chi connectivity index (χ1n) is 5.24. The molecule has 1 aromatic rings. The molecule has 0 aliphatic heterocycles. The summed E-state index contributed by atoms with van der Waals surface area (Å²) in [6.07, 6.45) is 3.13. The molecule has 2 nitrogen and oxygen atoms in total. The molecule has 1 N–H and O–H groups in total. The van der Waals surface area contributed by atoms with Crippen LogP contribution in [0.25, 0.3) is 0 Å². The van der Waals surface area contributed by atoms with Crippen LogP contribution in [0.1, 0.15) is 19.4 Å². The van der Waals surface area contributed by atoms with E-state index in [0.29, 0.717) is 11.1 Å². The Labute approximate surface area is 94.9 Å². The number of hydrogen-bond acceptors (Lipinski definition) is 2. The highest BCUT2D eigenvalue weighted by Crippen LogP contribution is 2.34. The molecule has 0 saturated carbocycles. The van der Waals surface area contributed by atoms with Gasteiger partial charge in [-0.05, 0) is 42.7 Å². The predicted octanol–water partition coefficient (Wildman–Crippen LogP) is 2.35. The summed E-state index contributed by atoms with van der Waals surface area (Å²) in [4.78, 5) is 11.5. The van der Waals surface area contributed by atoms with Crippen LogP contribution in [0.5, 0.6) is 0 Å². The first-order valence-corrected chi connectivity index (χ1v) is 5.24. The number of carbonyl (C=O) groups excluding carboxylic acids is 1. The Morgan fingerprint density at radius 3 is 2.38 bits per heavy atom. The molecule has 0 amide bonds.